The molecule has 4 fully saturated rings. The van der Waals surface area contributed by atoms with E-state index in [1.165, 1.54) is 24.0 Å². The van der Waals surface area contributed by atoms with Crippen molar-refractivity contribution in [1.29, 1.82) is 0 Å². The fraction of sp³-hybridized carbons (Fsp3) is 0.536. The van der Waals surface area contributed by atoms with Crippen molar-refractivity contribution in [2.45, 2.75) is 61.7 Å². The van der Waals surface area contributed by atoms with E-state index in [2.05, 4.69) is 16.3 Å². The minimum Gasteiger partial charge on any atom is -0.508 e. The third-order valence-corrected chi connectivity index (χ3v) is 9.45. The number of piperidine rings is 1. The number of fused-ring (bicyclic) bond motifs is 4. The van der Waals surface area contributed by atoms with Crippen molar-refractivity contribution in [3.05, 3.63) is 59.2 Å². The number of nitrogens with one attached hydrogen (secondary N) is 1. The number of carbonyl (C=O) groups is 1. The molecule has 3 saturated heterocycles. The van der Waals surface area contributed by atoms with E-state index in [0.717, 1.165) is 44.7 Å². The van der Waals surface area contributed by atoms with Crippen LogP contribution in [0, 0.1) is 11.8 Å². The smallest absolute Gasteiger partial charge is 0.255 e. The molecule has 3 N–H and O–H groups in total. The van der Waals surface area contributed by atoms with Gasteiger partial charge in [-0.2, -0.15) is 0 Å². The number of phenolic OH excluding ortho intramolecular Hbond substituents is 2. The molecular formula is C28H32N2O4. The van der Waals surface area contributed by atoms with Gasteiger partial charge in [0.05, 0.1) is 22.8 Å². The molecule has 1 saturated carbocycles. The summed E-state index contributed by atoms with van der Waals surface area (Å²) in [5.41, 5.74) is 2.47. The number of amides is 1. The van der Waals surface area contributed by atoms with E-state index < -0.39 is 5.60 Å². The van der Waals surface area contributed by atoms with Crippen LogP contribution in [0.25, 0.3) is 0 Å². The van der Waals surface area contributed by atoms with Crippen molar-refractivity contribution in [2.75, 3.05) is 19.6 Å². The second-order valence-electron chi connectivity index (χ2n) is 11.2. The zero-order valence-corrected chi connectivity index (χ0v) is 19.4. The monoisotopic (exact) mass is 460 g/mol. The van der Waals surface area contributed by atoms with E-state index in [1.54, 1.807) is 24.3 Å². The second kappa shape index (κ2) is 7.22. The number of carbonyl (C=O) groups excluding carboxylic acids is 1. The lowest BCUT2D eigenvalue weighted by Gasteiger charge is -2.60. The number of ether oxygens (including phenoxy) is 1. The summed E-state index contributed by atoms with van der Waals surface area (Å²) < 4.78 is 6.94. The number of phenols is 2. The van der Waals surface area contributed by atoms with Crippen LogP contribution in [0.3, 0.4) is 0 Å². The van der Waals surface area contributed by atoms with Gasteiger partial charge in [0, 0.05) is 19.0 Å². The van der Waals surface area contributed by atoms with Gasteiger partial charge in [-0.3, -0.25) is 9.69 Å². The van der Waals surface area contributed by atoms with E-state index in [9.17, 15) is 15.0 Å². The highest BCUT2D eigenvalue weighted by Gasteiger charge is 2.73. The number of hydrogen-bond donors (Lipinski definition) is 3. The lowest BCUT2D eigenvalue weighted by atomic mass is 9.52. The predicted octanol–water partition coefficient (Wildman–Crippen LogP) is 3.57. The zero-order chi connectivity index (χ0) is 23.1. The summed E-state index contributed by atoms with van der Waals surface area (Å²) in [6, 6.07) is 12.6. The van der Waals surface area contributed by atoms with Gasteiger partial charge in [0.2, 0.25) is 0 Å². The van der Waals surface area contributed by atoms with Gasteiger partial charge < -0.3 is 20.3 Å². The Balaban J connectivity index is 1.26. The summed E-state index contributed by atoms with van der Waals surface area (Å²) in [5, 5.41) is 23.6. The number of nitrogens with zero attached hydrogens (tertiary/aromatic N) is 1. The molecule has 4 unspecified atom stereocenters. The third kappa shape index (κ3) is 2.85. The summed E-state index contributed by atoms with van der Waals surface area (Å²) in [6.45, 7) is 2.68. The molecule has 1 amide bonds. The quantitative estimate of drug-likeness (QED) is 0.636. The SMILES string of the molecule is O=C(NC[C@]12CCC(O1)C13Cc4ccc(O)cc4C(CCN1CC1CC1)C32)c1ccccc1O. The maximum absolute atomic E-state index is 13.0. The largest absolute Gasteiger partial charge is 0.508 e. The zero-order valence-electron chi connectivity index (χ0n) is 19.4. The first-order valence-electron chi connectivity index (χ1n) is 12.8. The van der Waals surface area contributed by atoms with E-state index in [-0.39, 0.29) is 29.2 Å². The Morgan fingerprint density at radius 3 is 2.79 bits per heavy atom. The first-order valence-corrected chi connectivity index (χ1v) is 12.8. The minimum absolute atomic E-state index is 0.000144. The molecule has 0 aromatic heterocycles. The lowest BCUT2D eigenvalue weighted by Crippen LogP contribution is -2.70. The van der Waals surface area contributed by atoms with E-state index in [4.69, 9.17) is 4.74 Å². The first-order chi connectivity index (χ1) is 16.5. The highest BCUT2D eigenvalue weighted by atomic mass is 16.5. The van der Waals surface area contributed by atoms with Gasteiger partial charge in [-0.25, -0.2) is 0 Å². The molecule has 7 rings (SSSR count). The Morgan fingerprint density at radius 1 is 1.12 bits per heavy atom. The molecule has 6 heteroatoms. The van der Waals surface area contributed by atoms with Gasteiger partial charge in [-0.1, -0.05) is 18.2 Å². The molecule has 6 nitrogen and oxygen atoms in total. The van der Waals surface area contributed by atoms with Crippen LogP contribution in [0.2, 0.25) is 0 Å². The topological polar surface area (TPSA) is 82.0 Å². The van der Waals surface area contributed by atoms with Crippen LogP contribution < -0.4 is 5.32 Å². The highest BCUT2D eigenvalue weighted by molar-refractivity contribution is 5.96. The van der Waals surface area contributed by atoms with E-state index in [0.29, 0.717) is 23.8 Å². The molecule has 5 aliphatic rings. The van der Waals surface area contributed by atoms with Crippen molar-refractivity contribution in [2.24, 2.45) is 11.8 Å². The number of hydrogen-bond acceptors (Lipinski definition) is 5. The lowest BCUT2D eigenvalue weighted by molar-refractivity contribution is -0.0545. The summed E-state index contributed by atoms with van der Waals surface area (Å²) >= 11 is 0. The van der Waals surface area contributed by atoms with E-state index >= 15 is 0 Å². The molecule has 5 atom stereocenters. The van der Waals surface area contributed by atoms with Crippen LogP contribution in [-0.4, -0.2) is 57.9 Å². The van der Waals surface area contributed by atoms with Crippen LogP contribution in [-0.2, 0) is 11.2 Å². The van der Waals surface area contributed by atoms with Gasteiger partial charge in [-0.15, -0.1) is 0 Å². The molecule has 0 spiro atoms. The number of para-hydroxylation sites is 1. The van der Waals surface area contributed by atoms with Crippen molar-refractivity contribution in [3.63, 3.8) is 0 Å². The van der Waals surface area contributed by atoms with Gasteiger partial charge in [0.1, 0.15) is 11.5 Å². The van der Waals surface area contributed by atoms with Crippen molar-refractivity contribution in [1.82, 2.24) is 10.2 Å². The van der Waals surface area contributed by atoms with Crippen LogP contribution in [0.15, 0.2) is 42.5 Å². The van der Waals surface area contributed by atoms with Gasteiger partial charge in [0.25, 0.3) is 5.91 Å². The maximum atomic E-state index is 13.0. The summed E-state index contributed by atoms with van der Waals surface area (Å²) in [7, 11) is 0. The maximum Gasteiger partial charge on any atom is 0.255 e. The van der Waals surface area contributed by atoms with Crippen molar-refractivity contribution in [3.8, 4) is 11.5 Å². The van der Waals surface area contributed by atoms with Gasteiger partial charge >= 0.3 is 0 Å². The van der Waals surface area contributed by atoms with Crippen molar-refractivity contribution < 1.29 is 19.7 Å². The molecule has 4 bridgehead atoms. The van der Waals surface area contributed by atoms with Crippen molar-refractivity contribution >= 4 is 5.91 Å². The Kier molecular flexibility index (Phi) is 4.41. The molecule has 3 heterocycles. The van der Waals surface area contributed by atoms with Gasteiger partial charge in [0.15, 0.2) is 0 Å². The van der Waals surface area contributed by atoms with E-state index in [1.807, 2.05) is 12.1 Å². The Morgan fingerprint density at radius 2 is 1.97 bits per heavy atom. The molecule has 34 heavy (non-hydrogen) atoms. The highest BCUT2D eigenvalue weighted by Crippen LogP contribution is 2.66. The second-order valence-corrected chi connectivity index (χ2v) is 11.2. The fourth-order valence-corrected chi connectivity index (χ4v) is 7.97. The molecule has 2 aromatic rings. The molecule has 2 aliphatic carbocycles. The van der Waals surface area contributed by atoms with Crippen LogP contribution in [0.1, 0.15) is 59.5 Å². The Labute approximate surface area is 199 Å². The average molecular weight is 461 g/mol. The summed E-state index contributed by atoms with van der Waals surface area (Å²) in [5.74, 6) is 1.49. The predicted molar refractivity (Wildman–Crippen MR) is 127 cm³/mol. The Bertz CT molecular complexity index is 1160. The molecule has 178 valence electrons. The number of aromatic hydroxyl groups is 2. The number of rotatable bonds is 5. The molecule has 0 radical (unpaired) electrons. The third-order valence-electron chi connectivity index (χ3n) is 9.45. The van der Waals surface area contributed by atoms with Crippen LogP contribution in [0.5, 0.6) is 11.5 Å². The van der Waals surface area contributed by atoms with Crippen LogP contribution >= 0.6 is 0 Å². The normalized spacial score (nSPS) is 35.6. The minimum atomic E-state index is -0.416. The standard InChI is InChI=1S/C28H32N2O4/c31-19-8-7-18-14-28-24-9-11-27(34-24,16-29-26(33)21-3-1-2-4-23(21)32)25(28)20(22(18)13-19)10-12-30(28)15-17-5-6-17/h1-4,7-8,13,17,20,24-25,31-32H,5-6,9-12,14-16H2,(H,29,33)/t20?,24?,25?,27-,28?/m0/s1. The number of likely N-dealkylation sites (tertiary alicyclic amines) is 1. The molecule has 3 aliphatic heterocycles. The van der Waals surface area contributed by atoms with Gasteiger partial charge in [-0.05, 0) is 92.3 Å². The molecular weight excluding hydrogens is 428 g/mol. The summed E-state index contributed by atoms with van der Waals surface area (Å²) in [4.78, 5) is 15.8. The number of benzene rings is 2. The fourth-order valence-electron chi connectivity index (χ4n) is 7.97. The first kappa shape index (κ1) is 20.8. The summed E-state index contributed by atoms with van der Waals surface area (Å²) in [6.07, 6.45) is 6.80. The average Bonchev–Trinajstić information content (AvgIpc) is 3.48. The Hall–Kier alpha value is -2.57. The van der Waals surface area contributed by atoms with Crippen LogP contribution in [0.4, 0.5) is 0 Å². The molecule has 2 aromatic carbocycles.